The van der Waals surface area contributed by atoms with E-state index in [1.54, 1.807) is 0 Å². The van der Waals surface area contributed by atoms with E-state index < -0.39 is 5.41 Å². The maximum atomic E-state index is 12.5. The minimum Gasteiger partial charge on any atom is -0.326 e. The number of fused-ring (bicyclic) bond motifs is 1. The van der Waals surface area contributed by atoms with Crippen molar-refractivity contribution < 1.29 is 4.79 Å². The summed E-state index contributed by atoms with van der Waals surface area (Å²) in [5.41, 5.74) is 3.90. The fraction of sp³-hybridized carbons (Fsp3) is 0.0952. The van der Waals surface area contributed by atoms with Crippen LogP contribution in [-0.2, 0) is 10.2 Å². The standard InChI is InChI=1S/C21H17NO/c23-20-15-21(16-9-3-1-4-10-16,17-11-5-2-6-12-17)18-13-7-8-14-19(18)22-20/h1-14H,15H2,(H,22,23). The van der Waals surface area contributed by atoms with Crippen molar-refractivity contribution >= 4 is 11.6 Å². The number of anilines is 1. The van der Waals surface area contributed by atoms with Crippen molar-refractivity contribution in [2.75, 3.05) is 5.32 Å². The molecule has 2 nitrogen and oxygen atoms in total. The Morgan fingerprint density at radius 1 is 0.696 bits per heavy atom. The Balaban J connectivity index is 2.07. The molecule has 0 fully saturated rings. The van der Waals surface area contributed by atoms with Gasteiger partial charge in [-0.15, -0.1) is 0 Å². The van der Waals surface area contributed by atoms with Crippen LogP contribution in [0.1, 0.15) is 23.1 Å². The van der Waals surface area contributed by atoms with E-state index in [0.717, 1.165) is 22.4 Å². The zero-order valence-corrected chi connectivity index (χ0v) is 12.7. The molecule has 3 aromatic rings. The van der Waals surface area contributed by atoms with Crippen molar-refractivity contribution in [2.24, 2.45) is 0 Å². The lowest BCUT2D eigenvalue weighted by Gasteiger charge is -2.39. The van der Waals surface area contributed by atoms with Gasteiger partial charge in [0.25, 0.3) is 0 Å². The molecule has 0 saturated carbocycles. The number of benzene rings is 3. The number of hydrogen-bond donors (Lipinski definition) is 1. The number of nitrogens with one attached hydrogen (secondary N) is 1. The Morgan fingerprint density at radius 3 is 1.83 bits per heavy atom. The highest BCUT2D eigenvalue weighted by Crippen LogP contribution is 2.47. The van der Waals surface area contributed by atoms with Crippen molar-refractivity contribution in [3.63, 3.8) is 0 Å². The van der Waals surface area contributed by atoms with Crippen molar-refractivity contribution in [1.82, 2.24) is 0 Å². The number of hydrogen-bond acceptors (Lipinski definition) is 1. The maximum absolute atomic E-state index is 12.5. The number of carbonyl (C=O) groups excluding carboxylic acids is 1. The SMILES string of the molecule is O=C1CC(c2ccccc2)(c2ccccc2)c2ccccc2N1. The van der Waals surface area contributed by atoms with E-state index >= 15 is 0 Å². The Labute approximate surface area is 135 Å². The first-order valence-corrected chi connectivity index (χ1v) is 7.81. The molecule has 1 aliphatic heterocycles. The molecule has 4 rings (SSSR count). The fourth-order valence-electron chi connectivity index (χ4n) is 3.62. The van der Waals surface area contributed by atoms with Crippen molar-refractivity contribution in [1.29, 1.82) is 0 Å². The largest absolute Gasteiger partial charge is 0.326 e. The molecule has 1 heterocycles. The Kier molecular flexibility index (Phi) is 3.23. The first kappa shape index (κ1) is 13.8. The summed E-state index contributed by atoms with van der Waals surface area (Å²) in [5, 5.41) is 3.02. The minimum absolute atomic E-state index is 0.0522. The molecule has 1 amide bonds. The van der Waals surface area contributed by atoms with E-state index in [2.05, 4.69) is 35.6 Å². The molecule has 2 heteroatoms. The smallest absolute Gasteiger partial charge is 0.225 e. The quantitative estimate of drug-likeness (QED) is 0.748. The molecule has 0 saturated heterocycles. The molecule has 3 aromatic carbocycles. The van der Waals surface area contributed by atoms with Crippen molar-refractivity contribution in [3.8, 4) is 0 Å². The Morgan fingerprint density at radius 2 is 1.22 bits per heavy atom. The van der Waals surface area contributed by atoms with Gasteiger partial charge in [0.2, 0.25) is 5.91 Å². The van der Waals surface area contributed by atoms with Crippen LogP contribution in [0.25, 0.3) is 0 Å². The van der Waals surface area contributed by atoms with E-state index in [1.807, 2.05) is 54.6 Å². The van der Waals surface area contributed by atoms with Crippen molar-refractivity contribution in [2.45, 2.75) is 11.8 Å². The molecule has 112 valence electrons. The van der Waals surface area contributed by atoms with Crippen LogP contribution in [-0.4, -0.2) is 5.91 Å². The van der Waals surface area contributed by atoms with Crippen LogP contribution in [0.2, 0.25) is 0 Å². The lowest BCUT2D eigenvalue weighted by molar-refractivity contribution is -0.117. The molecule has 1 N–H and O–H groups in total. The average molecular weight is 299 g/mol. The molecule has 0 bridgehead atoms. The molecule has 1 aliphatic rings. The van der Waals surface area contributed by atoms with Gasteiger partial charge in [0.15, 0.2) is 0 Å². The van der Waals surface area contributed by atoms with Gasteiger partial charge in [0.1, 0.15) is 0 Å². The average Bonchev–Trinajstić information content (AvgIpc) is 2.62. The van der Waals surface area contributed by atoms with Gasteiger partial charge in [-0.2, -0.15) is 0 Å². The summed E-state index contributed by atoms with van der Waals surface area (Å²) in [6.45, 7) is 0. The number of carbonyl (C=O) groups is 1. The topological polar surface area (TPSA) is 29.1 Å². The molecule has 0 radical (unpaired) electrons. The van der Waals surface area contributed by atoms with Gasteiger partial charge < -0.3 is 5.32 Å². The summed E-state index contributed by atoms with van der Waals surface area (Å²) in [7, 11) is 0. The molecule has 0 aliphatic carbocycles. The predicted molar refractivity (Wildman–Crippen MR) is 92.5 cm³/mol. The van der Waals surface area contributed by atoms with Crippen LogP contribution in [0.4, 0.5) is 5.69 Å². The molecule has 23 heavy (non-hydrogen) atoms. The zero-order chi connectivity index (χ0) is 15.7. The normalized spacial score (nSPS) is 15.6. The highest BCUT2D eigenvalue weighted by molar-refractivity contribution is 5.97. The van der Waals surface area contributed by atoms with Gasteiger partial charge in [-0.05, 0) is 22.8 Å². The van der Waals surface area contributed by atoms with E-state index in [-0.39, 0.29) is 5.91 Å². The van der Waals surface area contributed by atoms with Gasteiger partial charge in [-0.3, -0.25) is 4.79 Å². The predicted octanol–water partition coefficient (Wildman–Crippen LogP) is 4.36. The van der Waals surface area contributed by atoms with Gasteiger partial charge >= 0.3 is 0 Å². The van der Waals surface area contributed by atoms with Crippen LogP contribution in [0.5, 0.6) is 0 Å². The summed E-state index contributed by atoms with van der Waals surface area (Å²) < 4.78 is 0. The summed E-state index contributed by atoms with van der Waals surface area (Å²) in [4.78, 5) is 12.5. The van der Waals surface area contributed by atoms with E-state index in [1.165, 1.54) is 0 Å². The van der Waals surface area contributed by atoms with Crippen LogP contribution in [0.3, 0.4) is 0 Å². The third kappa shape index (κ3) is 2.15. The monoisotopic (exact) mass is 299 g/mol. The van der Waals surface area contributed by atoms with E-state index in [4.69, 9.17) is 0 Å². The number of amides is 1. The zero-order valence-electron chi connectivity index (χ0n) is 12.7. The highest BCUT2D eigenvalue weighted by atomic mass is 16.1. The number of rotatable bonds is 2. The van der Waals surface area contributed by atoms with Gasteiger partial charge in [-0.1, -0.05) is 78.9 Å². The first-order valence-electron chi connectivity index (χ1n) is 7.81. The minimum atomic E-state index is -0.443. The Bertz CT molecular complexity index is 800. The second kappa shape index (κ2) is 5.40. The summed E-state index contributed by atoms with van der Waals surface area (Å²) in [6, 6.07) is 28.7. The highest BCUT2D eigenvalue weighted by Gasteiger charge is 2.42. The molecule has 0 atom stereocenters. The number of para-hydroxylation sites is 1. The van der Waals surface area contributed by atoms with E-state index in [0.29, 0.717) is 6.42 Å². The van der Waals surface area contributed by atoms with Crippen LogP contribution >= 0.6 is 0 Å². The lowest BCUT2D eigenvalue weighted by Crippen LogP contribution is -2.39. The maximum Gasteiger partial charge on any atom is 0.225 e. The summed E-state index contributed by atoms with van der Waals surface area (Å²) >= 11 is 0. The Hall–Kier alpha value is -2.87. The van der Waals surface area contributed by atoms with Gasteiger partial charge in [0, 0.05) is 12.1 Å². The molecular weight excluding hydrogens is 282 g/mol. The summed E-state index contributed by atoms with van der Waals surface area (Å²) in [5.74, 6) is 0.0522. The molecular formula is C21H17NO. The molecule has 0 spiro atoms. The summed E-state index contributed by atoms with van der Waals surface area (Å²) in [6.07, 6.45) is 0.415. The van der Waals surface area contributed by atoms with Crippen LogP contribution in [0, 0.1) is 0 Å². The van der Waals surface area contributed by atoms with Crippen molar-refractivity contribution in [3.05, 3.63) is 102 Å². The third-order valence-electron chi connectivity index (χ3n) is 4.62. The molecule has 0 aromatic heterocycles. The first-order chi connectivity index (χ1) is 11.3. The third-order valence-corrected chi connectivity index (χ3v) is 4.62. The fourth-order valence-corrected chi connectivity index (χ4v) is 3.62. The van der Waals surface area contributed by atoms with Crippen LogP contribution < -0.4 is 5.32 Å². The second-order valence-electron chi connectivity index (χ2n) is 5.91. The van der Waals surface area contributed by atoms with Crippen LogP contribution in [0.15, 0.2) is 84.9 Å². The molecule has 0 unspecified atom stereocenters. The van der Waals surface area contributed by atoms with Gasteiger partial charge in [0.05, 0.1) is 5.41 Å². The second-order valence-corrected chi connectivity index (χ2v) is 5.91. The van der Waals surface area contributed by atoms with E-state index in [9.17, 15) is 4.79 Å². The lowest BCUT2D eigenvalue weighted by atomic mass is 9.65. The van der Waals surface area contributed by atoms with Gasteiger partial charge in [-0.25, -0.2) is 0 Å².